The van der Waals surface area contributed by atoms with Crippen molar-refractivity contribution in [1.29, 1.82) is 0 Å². The summed E-state index contributed by atoms with van der Waals surface area (Å²) in [6.45, 7) is 2.61. The summed E-state index contributed by atoms with van der Waals surface area (Å²) in [4.78, 5) is 45.1. The molecule has 0 aliphatic heterocycles. The molecule has 0 amide bonds. The van der Waals surface area contributed by atoms with E-state index in [2.05, 4.69) is 11.4 Å². The van der Waals surface area contributed by atoms with E-state index in [1.807, 2.05) is 6.92 Å². The highest BCUT2D eigenvalue weighted by Gasteiger charge is 2.28. The Bertz CT molecular complexity index is 844. The highest BCUT2D eigenvalue weighted by Crippen LogP contribution is 2.43. The second-order valence-electron chi connectivity index (χ2n) is 13.1. The van der Waals surface area contributed by atoms with E-state index in [0.717, 1.165) is 32.1 Å². The Labute approximate surface area is 291 Å². The van der Waals surface area contributed by atoms with E-state index in [1.54, 1.807) is 0 Å². The standard InChI is InChI=1S/C36H70NO10P/c1-3-5-7-8-9-10-11-12-13-14-15-16-17-18-19-20-21-22-23-24-26-28-35(39)47-32(29-44-34(38)27-25-6-4-2)30-45-48(42,43)46-31-33(37)36(40)41/h32-33H,3-31,37H2,1-2H3,(H,40,41)(H,42,43). The summed E-state index contributed by atoms with van der Waals surface area (Å²) in [6.07, 6.45) is 28.5. The Morgan fingerprint density at radius 1 is 0.562 bits per heavy atom. The lowest BCUT2D eigenvalue weighted by atomic mass is 10.0. The van der Waals surface area contributed by atoms with E-state index in [9.17, 15) is 23.8 Å². The van der Waals surface area contributed by atoms with Gasteiger partial charge in [-0.15, -0.1) is 0 Å². The van der Waals surface area contributed by atoms with Crippen LogP contribution in [-0.4, -0.2) is 59.9 Å². The van der Waals surface area contributed by atoms with E-state index < -0.39 is 51.1 Å². The lowest BCUT2D eigenvalue weighted by Gasteiger charge is -2.20. The van der Waals surface area contributed by atoms with Crippen LogP contribution in [0.5, 0.6) is 0 Å². The van der Waals surface area contributed by atoms with Crippen molar-refractivity contribution in [3.63, 3.8) is 0 Å². The highest BCUT2D eigenvalue weighted by atomic mass is 31.2. The number of carbonyl (C=O) groups is 3. The molecular formula is C36H70NO10P. The molecule has 0 saturated carbocycles. The Morgan fingerprint density at radius 2 is 0.917 bits per heavy atom. The average molecular weight is 708 g/mol. The fraction of sp³-hybridized carbons (Fsp3) is 0.917. The zero-order valence-electron chi connectivity index (χ0n) is 30.3. The summed E-state index contributed by atoms with van der Waals surface area (Å²) < 4.78 is 32.2. The first-order valence-electron chi connectivity index (χ1n) is 19.1. The predicted octanol–water partition coefficient (Wildman–Crippen LogP) is 9.17. The van der Waals surface area contributed by atoms with Gasteiger partial charge in [-0.25, -0.2) is 4.57 Å². The SMILES string of the molecule is CCCCCCCCCCCCCCCCCCCCCCCC(=O)OC(COC(=O)CCCCC)COP(=O)(O)OCC(N)C(=O)O. The van der Waals surface area contributed by atoms with Crippen LogP contribution in [0, 0.1) is 0 Å². The minimum Gasteiger partial charge on any atom is -0.480 e. The van der Waals surface area contributed by atoms with Gasteiger partial charge in [0.25, 0.3) is 0 Å². The van der Waals surface area contributed by atoms with Crippen molar-refractivity contribution in [2.24, 2.45) is 5.73 Å². The molecule has 0 saturated heterocycles. The maximum Gasteiger partial charge on any atom is 0.472 e. The van der Waals surface area contributed by atoms with Crippen LogP contribution in [0.4, 0.5) is 0 Å². The minimum atomic E-state index is -4.69. The van der Waals surface area contributed by atoms with E-state index >= 15 is 0 Å². The Kier molecular flexibility index (Phi) is 31.6. The molecule has 0 rings (SSSR count). The molecule has 11 nitrogen and oxygen atoms in total. The summed E-state index contributed by atoms with van der Waals surface area (Å²) in [5, 5.41) is 8.80. The lowest BCUT2D eigenvalue weighted by molar-refractivity contribution is -0.161. The second-order valence-corrected chi connectivity index (χ2v) is 14.5. The van der Waals surface area contributed by atoms with Crippen LogP contribution >= 0.6 is 7.82 Å². The third kappa shape index (κ3) is 31.7. The van der Waals surface area contributed by atoms with Crippen molar-refractivity contribution in [2.75, 3.05) is 19.8 Å². The van der Waals surface area contributed by atoms with E-state index in [4.69, 9.17) is 24.8 Å². The maximum atomic E-state index is 12.5. The topological polar surface area (TPSA) is 172 Å². The fourth-order valence-corrected chi connectivity index (χ4v) is 6.08. The summed E-state index contributed by atoms with van der Waals surface area (Å²) in [7, 11) is -4.69. The molecule has 12 heteroatoms. The molecule has 0 heterocycles. The molecule has 0 spiro atoms. The van der Waals surface area contributed by atoms with Gasteiger partial charge in [0.2, 0.25) is 0 Å². The van der Waals surface area contributed by atoms with Gasteiger partial charge in [0.15, 0.2) is 6.10 Å². The van der Waals surface area contributed by atoms with Gasteiger partial charge in [-0.2, -0.15) is 0 Å². The molecule has 284 valence electrons. The first kappa shape index (κ1) is 46.5. The fourth-order valence-electron chi connectivity index (χ4n) is 5.30. The largest absolute Gasteiger partial charge is 0.480 e. The van der Waals surface area contributed by atoms with Crippen molar-refractivity contribution >= 4 is 25.7 Å². The second kappa shape index (κ2) is 32.7. The summed E-state index contributed by atoms with van der Waals surface area (Å²) in [6, 6.07) is -1.51. The number of ether oxygens (including phenoxy) is 2. The molecule has 3 atom stereocenters. The van der Waals surface area contributed by atoms with E-state index in [-0.39, 0.29) is 19.4 Å². The van der Waals surface area contributed by atoms with Crippen LogP contribution in [0.15, 0.2) is 0 Å². The van der Waals surface area contributed by atoms with Gasteiger partial charge >= 0.3 is 25.7 Å². The molecule has 0 fully saturated rings. The van der Waals surface area contributed by atoms with Gasteiger partial charge in [-0.3, -0.25) is 23.4 Å². The zero-order valence-corrected chi connectivity index (χ0v) is 31.2. The summed E-state index contributed by atoms with van der Waals surface area (Å²) >= 11 is 0. The Balaban J connectivity index is 4.04. The van der Waals surface area contributed by atoms with Crippen molar-refractivity contribution in [1.82, 2.24) is 0 Å². The summed E-state index contributed by atoms with van der Waals surface area (Å²) in [5.41, 5.74) is 5.28. The number of carbonyl (C=O) groups excluding carboxylic acids is 2. The number of esters is 2. The van der Waals surface area contributed by atoms with Crippen LogP contribution in [0.3, 0.4) is 0 Å². The first-order valence-corrected chi connectivity index (χ1v) is 20.6. The van der Waals surface area contributed by atoms with Gasteiger partial charge < -0.3 is 25.2 Å². The van der Waals surface area contributed by atoms with Crippen molar-refractivity contribution < 1.29 is 47.5 Å². The van der Waals surface area contributed by atoms with Crippen LogP contribution in [0.25, 0.3) is 0 Å². The average Bonchev–Trinajstić information content (AvgIpc) is 3.05. The highest BCUT2D eigenvalue weighted by molar-refractivity contribution is 7.47. The third-order valence-electron chi connectivity index (χ3n) is 8.36. The Morgan fingerprint density at radius 3 is 1.35 bits per heavy atom. The minimum absolute atomic E-state index is 0.167. The molecule has 0 aromatic heterocycles. The number of rotatable bonds is 36. The zero-order chi connectivity index (χ0) is 35.7. The predicted molar refractivity (Wildman–Crippen MR) is 190 cm³/mol. The van der Waals surface area contributed by atoms with Crippen LogP contribution in [-0.2, 0) is 37.5 Å². The molecule has 3 unspecified atom stereocenters. The van der Waals surface area contributed by atoms with Gasteiger partial charge in [-0.1, -0.05) is 155 Å². The Hall–Kier alpha value is -1.52. The molecular weight excluding hydrogens is 637 g/mol. The first-order chi connectivity index (χ1) is 23.1. The number of unbranched alkanes of at least 4 members (excludes halogenated alkanes) is 22. The van der Waals surface area contributed by atoms with Crippen molar-refractivity contribution in [2.45, 2.75) is 193 Å². The molecule has 0 aliphatic carbocycles. The van der Waals surface area contributed by atoms with E-state index in [0.29, 0.717) is 12.8 Å². The molecule has 4 N–H and O–H groups in total. The number of hydrogen-bond donors (Lipinski definition) is 3. The number of phosphoric ester groups is 1. The van der Waals surface area contributed by atoms with Crippen molar-refractivity contribution in [3.8, 4) is 0 Å². The number of carboxylic acid groups (broad SMARTS) is 1. The third-order valence-corrected chi connectivity index (χ3v) is 9.31. The van der Waals surface area contributed by atoms with Crippen LogP contribution in [0.1, 0.15) is 181 Å². The van der Waals surface area contributed by atoms with Crippen LogP contribution in [0.2, 0.25) is 0 Å². The number of hydrogen-bond acceptors (Lipinski definition) is 9. The van der Waals surface area contributed by atoms with Gasteiger partial charge in [0.05, 0.1) is 13.2 Å². The van der Waals surface area contributed by atoms with E-state index in [1.165, 1.54) is 109 Å². The molecule has 48 heavy (non-hydrogen) atoms. The molecule has 0 aromatic carbocycles. The van der Waals surface area contributed by atoms with Crippen LogP contribution < -0.4 is 5.73 Å². The number of nitrogens with two attached hydrogens (primary N) is 1. The summed E-state index contributed by atoms with van der Waals surface area (Å²) in [5.74, 6) is -2.40. The quantitative estimate of drug-likeness (QED) is 0.0322. The maximum absolute atomic E-state index is 12.5. The number of aliphatic carboxylic acids is 1. The lowest BCUT2D eigenvalue weighted by Crippen LogP contribution is -2.34. The molecule has 0 aromatic rings. The van der Waals surface area contributed by atoms with Gasteiger partial charge in [-0.05, 0) is 12.8 Å². The normalized spacial score (nSPS) is 13.9. The smallest absolute Gasteiger partial charge is 0.472 e. The molecule has 0 aliphatic rings. The number of phosphoric acid groups is 1. The van der Waals surface area contributed by atoms with Gasteiger partial charge in [0.1, 0.15) is 12.6 Å². The molecule has 0 bridgehead atoms. The molecule has 0 radical (unpaired) electrons. The van der Waals surface area contributed by atoms with Crippen molar-refractivity contribution in [3.05, 3.63) is 0 Å². The van der Waals surface area contributed by atoms with Gasteiger partial charge in [0, 0.05) is 12.8 Å². The number of carboxylic acids is 1. The monoisotopic (exact) mass is 707 g/mol.